The van der Waals surface area contributed by atoms with Crippen LogP contribution in [0.5, 0.6) is 0 Å². The molecule has 47 valence electrons. The molecular formula is C4H7O3S. The molecule has 1 radical (unpaired) electrons. The summed E-state index contributed by atoms with van der Waals surface area (Å²) in [4.78, 5) is 9.97. The number of hydrogen-bond donors (Lipinski definition) is 0. The first-order valence-electron chi connectivity index (χ1n) is 1.94. The van der Waals surface area contributed by atoms with Gasteiger partial charge < -0.3 is 0 Å². The van der Waals surface area contributed by atoms with Crippen LogP contribution in [-0.4, -0.2) is 26.2 Å². The van der Waals surface area contributed by atoms with E-state index in [0.29, 0.717) is 0 Å². The van der Waals surface area contributed by atoms with Crippen molar-refractivity contribution in [3.05, 3.63) is 6.92 Å². The second-order valence-electron chi connectivity index (χ2n) is 1.61. The molecule has 0 aliphatic carbocycles. The quantitative estimate of drug-likeness (QED) is 0.509. The van der Waals surface area contributed by atoms with E-state index in [-0.39, 0.29) is 0 Å². The van der Waals surface area contributed by atoms with Gasteiger partial charge in [-0.1, -0.05) is 0 Å². The predicted molar refractivity (Wildman–Crippen MR) is 30.1 cm³/mol. The molecule has 0 atom stereocenters. The van der Waals surface area contributed by atoms with Gasteiger partial charge in [-0.2, -0.15) is 0 Å². The number of Topliss-reactive ketones (excluding diaryl/α,β-unsaturated/α-hetero) is 1. The highest BCUT2D eigenvalue weighted by Crippen LogP contribution is 1.80. The predicted octanol–water partition coefficient (Wildman–Crippen LogP) is -0.566. The maximum Gasteiger partial charge on any atom is 0.154 e. The molecule has 0 amide bonds. The second kappa shape index (κ2) is 2.26. The van der Waals surface area contributed by atoms with Gasteiger partial charge in [-0.25, -0.2) is 8.42 Å². The lowest BCUT2D eigenvalue weighted by atomic mass is 10.5. The largest absolute Gasteiger partial charge is 0.299 e. The van der Waals surface area contributed by atoms with Gasteiger partial charge in [0.05, 0.1) is 0 Å². The molecule has 0 saturated heterocycles. The lowest BCUT2D eigenvalue weighted by Crippen LogP contribution is -2.10. The molecule has 0 aromatic rings. The molecular weight excluding hydrogens is 128 g/mol. The zero-order chi connectivity index (χ0) is 6.78. The molecule has 0 unspecified atom stereocenters. The van der Waals surface area contributed by atoms with Crippen molar-refractivity contribution in [2.45, 2.75) is 0 Å². The van der Waals surface area contributed by atoms with Gasteiger partial charge in [0, 0.05) is 13.2 Å². The molecule has 0 rings (SSSR count). The smallest absolute Gasteiger partial charge is 0.154 e. The molecule has 0 aliphatic rings. The SMILES string of the molecule is [CH2]C(=O)CS(C)(=O)=O. The number of sulfone groups is 1. The van der Waals surface area contributed by atoms with Crippen molar-refractivity contribution in [2.24, 2.45) is 0 Å². The van der Waals surface area contributed by atoms with E-state index < -0.39 is 21.4 Å². The Morgan fingerprint density at radius 1 is 1.62 bits per heavy atom. The Morgan fingerprint density at radius 3 is 2.00 bits per heavy atom. The fourth-order valence-corrected chi connectivity index (χ4v) is 0.877. The van der Waals surface area contributed by atoms with Crippen LogP contribution in [0.15, 0.2) is 0 Å². The summed E-state index contributed by atoms with van der Waals surface area (Å²) in [6.45, 7) is 2.91. The van der Waals surface area contributed by atoms with E-state index in [1.54, 1.807) is 0 Å². The van der Waals surface area contributed by atoms with Crippen molar-refractivity contribution in [3.63, 3.8) is 0 Å². The number of ketones is 1. The lowest BCUT2D eigenvalue weighted by molar-refractivity contribution is -0.112. The maximum atomic E-state index is 10.2. The van der Waals surface area contributed by atoms with Crippen molar-refractivity contribution in [1.82, 2.24) is 0 Å². The standard InChI is InChI=1S/C4H7O3S/c1-4(5)3-8(2,6)7/h1,3H2,2H3. The monoisotopic (exact) mass is 135 g/mol. The first-order valence-corrected chi connectivity index (χ1v) is 4.00. The van der Waals surface area contributed by atoms with Crippen LogP contribution >= 0.6 is 0 Å². The minimum atomic E-state index is -3.14. The van der Waals surface area contributed by atoms with Crippen molar-refractivity contribution < 1.29 is 13.2 Å². The van der Waals surface area contributed by atoms with Gasteiger partial charge >= 0.3 is 0 Å². The summed E-state index contributed by atoms with van der Waals surface area (Å²) in [7, 11) is -3.14. The van der Waals surface area contributed by atoms with Gasteiger partial charge in [-0.05, 0) is 0 Å². The lowest BCUT2D eigenvalue weighted by Gasteiger charge is -1.87. The Morgan fingerprint density at radius 2 is 2.00 bits per heavy atom. The van der Waals surface area contributed by atoms with E-state index in [9.17, 15) is 13.2 Å². The first-order chi connectivity index (χ1) is 3.42. The Bertz CT molecular complexity index is 177. The Balaban J connectivity index is 3.95. The first kappa shape index (κ1) is 7.62. The van der Waals surface area contributed by atoms with E-state index >= 15 is 0 Å². The van der Waals surface area contributed by atoms with Gasteiger partial charge in [0.15, 0.2) is 9.84 Å². The molecule has 0 aromatic carbocycles. The summed E-state index contributed by atoms with van der Waals surface area (Å²) < 4.78 is 20.4. The summed E-state index contributed by atoms with van der Waals surface area (Å²) in [6, 6.07) is 0. The maximum absolute atomic E-state index is 10.2. The summed E-state index contributed by atoms with van der Waals surface area (Å²) in [5, 5.41) is 0. The van der Waals surface area contributed by atoms with Crippen LogP contribution in [0, 0.1) is 6.92 Å². The van der Waals surface area contributed by atoms with Crippen LogP contribution in [0.25, 0.3) is 0 Å². The fraction of sp³-hybridized carbons (Fsp3) is 0.500. The van der Waals surface area contributed by atoms with Gasteiger partial charge in [0.2, 0.25) is 0 Å². The van der Waals surface area contributed by atoms with Gasteiger partial charge in [0.1, 0.15) is 11.5 Å². The number of rotatable bonds is 2. The fourth-order valence-electron chi connectivity index (χ4n) is 0.292. The average molecular weight is 135 g/mol. The molecule has 0 saturated carbocycles. The normalized spacial score (nSPS) is 11.2. The van der Waals surface area contributed by atoms with Gasteiger partial charge in [-0.3, -0.25) is 4.79 Å². The number of carbonyl (C=O) groups is 1. The zero-order valence-corrected chi connectivity index (χ0v) is 5.36. The third-order valence-corrected chi connectivity index (χ3v) is 1.27. The van der Waals surface area contributed by atoms with E-state index in [2.05, 4.69) is 6.92 Å². The van der Waals surface area contributed by atoms with Crippen LogP contribution in [0.1, 0.15) is 0 Å². The molecule has 3 nitrogen and oxygen atoms in total. The number of carbonyl (C=O) groups excluding carboxylic acids is 1. The Kier molecular flexibility index (Phi) is 2.15. The molecule has 0 N–H and O–H groups in total. The van der Waals surface area contributed by atoms with E-state index in [1.807, 2.05) is 0 Å². The molecule has 0 aromatic heterocycles. The van der Waals surface area contributed by atoms with Crippen molar-refractivity contribution in [1.29, 1.82) is 0 Å². The van der Waals surface area contributed by atoms with Crippen LogP contribution in [0.4, 0.5) is 0 Å². The molecule has 0 fully saturated rings. The highest BCUT2D eigenvalue weighted by Gasteiger charge is 2.04. The van der Waals surface area contributed by atoms with Crippen LogP contribution < -0.4 is 0 Å². The minimum absolute atomic E-state index is 0.451. The molecule has 4 heteroatoms. The minimum Gasteiger partial charge on any atom is -0.299 e. The second-order valence-corrected chi connectivity index (χ2v) is 3.75. The molecule has 0 spiro atoms. The van der Waals surface area contributed by atoms with Crippen molar-refractivity contribution >= 4 is 15.6 Å². The zero-order valence-electron chi connectivity index (χ0n) is 4.55. The third kappa shape index (κ3) is 5.62. The molecule has 8 heavy (non-hydrogen) atoms. The highest BCUT2D eigenvalue weighted by atomic mass is 32.2. The Hall–Kier alpha value is -0.380. The molecule has 0 bridgehead atoms. The molecule has 0 heterocycles. The Labute approximate surface area is 48.6 Å². The summed E-state index contributed by atoms with van der Waals surface area (Å²) in [5.74, 6) is -1.01. The summed E-state index contributed by atoms with van der Waals surface area (Å²) >= 11 is 0. The van der Waals surface area contributed by atoms with Crippen molar-refractivity contribution in [3.8, 4) is 0 Å². The van der Waals surface area contributed by atoms with Crippen LogP contribution in [0.2, 0.25) is 0 Å². The average Bonchev–Trinajstić information content (AvgIpc) is 1.21. The van der Waals surface area contributed by atoms with Crippen LogP contribution in [0.3, 0.4) is 0 Å². The molecule has 0 aliphatic heterocycles. The van der Waals surface area contributed by atoms with E-state index in [0.717, 1.165) is 6.26 Å². The topological polar surface area (TPSA) is 51.2 Å². The van der Waals surface area contributed by atoms with Gasteiger partial charge in [0.25, 0.3) is 0 Å². The summed E-state index contributed by atoms with van der Waals surface area (Å²) in [6.07, 6.45) is 0.996. The van der Waals surface area contributed by atoms with Gasteiger partial charge in [-0.15, -0.1) is 0 Å². The van der Waals surface area contributed by atoms with E-state index in [4.69, 9.17) is 0 Å². The van der Waals surface area contributed by atoms with E-state index in [1.165, 1.54) is 0 Å². The third-order valence-electron chi connectivity index (χ3n) is 0.423. The summed E-state index contributed by atoms with van der Waals surface area (Å²) in [5.41, 5.74) is 0. The highest BCUT2D eigenvalue weighted by molar-refractivity contribution is 7.91. The van der Waals surface area contributed by atoms with Crippen LogP contribution in [-0.2, 0) is 14.6 Å². The van der Waals surface area contributed by atoms with Crippen molar-refractivity contribution in [2.75, 3.05) is 12.0 Å². The number of hydrogen-bond acceptors (Lipinski definition) is 3.